The molecular weight excluding hydrogens is 178 g/mol. The molecule has 0 saturated carbocycles. The van der Waals surface area contributed by atoms with Crippen LogP contribution in [0.5, 0.6) is 0 Å². The van der Waals surface area contributed by atoms with Gasteiger partial charge in [0.2, 0.25) is 5.91 Å². The molecule has 0 unspecified atom stereocenters. The van der Waals surface area contributed by atoms with E-state index in [1.807, 2.05) is 6.92 Å². The van der Waals surface area contributed by atoms with Crippen molar-refractivity contribution in [1.29, 1.82) is 0 Å². The SMILES string of the molecule is Cc1cc(C(N)=O)cnc1N1CCC1. The van der Waals surface area contributed by atoms with E-state index in [9.17, 15) is 4.79 Å². The summed E-state index contributed by atoms with van der Waals surface area (Å²) in [6, 6.07) is 1.79. The van der Waals surface area contributed by atoms with Crippen molar-refractivity contribution >= 4 is 11.7 Å². The number of nitrogens with zero attached hydrogens (tertiary/aromatic N) is 2. The minimum Gasteiger partial charge on any atom is -0.366 e. The maximum absolute atomic E-state index is 10.9. The molecule has 2 N–H and O–H groups in total. The molecule has 4 nitrogen and oxygen atoms in total. The van der Waals surface area contributed by atoms with Crippen LogP contribution in [0.25, 0.3) is 0 Å². The Morgan fingerprint density at radius 1 is 1.57 bits per heavy atom. The van der Waals surface area contributed by atoms with Crippen LogP contribution < -0.4 is 10.6 Å². The second kappa shape index (κ2) is 3.29. The molecule has 1 aromatic rings. The Morgan fingerprint density at radius 2 is 2.29 bits per heavy atom. The lowest BCUT2D eigenvalue weighted by Gasteiger charge is -2.33. The van der Waals surface area contributed by atoms with Crippen molar-refractivity contribution in [2.24, 2.45) is 5.73 Å². The summed E-state index contributed by atoms with van der Waals surface area (Å²) >= 11 is 0. The smallest absolute Gasteiger partial charge is 0.250 e. The highest BCUT2D eigenvalue weighted by molar-refractivity contribution is 5.92. The van der Waals surface area contributed by atoms with E-state index in [1.54, 1.807) is 12.3 Å². The number of hydrogen-bond acceptors (Lipinski definition) is 3. The van der Waals surface area contributed by atoms with Gasteiger partial charge in [-0.25, -0.2) is 4.98 Å². The van der Waals surface area contributed by atoms with E-state index in [4.69, 9.17) is 5.73 Å². The van der Waals surface area contributed by atoms with Gasteiger partial charge in [-0.05, 0) is 25.0 Å². The molecule has 0 aromatic carbocycles. The maximum atomic E-state index is 10.9. The van der Waals surface area contributed by atoms with Gasteiger partial charge >= 0.3 is 0 Å². The molecule has 0 atom stereocenters. The van der Waals surface area contributed by atoms with E-state index in [2.05, 4.69) is 9.88 Å². The van der Waals surface area contributed by atoms with Crippen LogP contribution >= 0.6 is 0 Å². The zero-order valence-electron chi connectivity index (χ0n) is 8.16. The summed E-state index contributed by atoms with van der Waals surface area (Å²) in [6.07, 6.45) is 2.77. The number of anilines is 1. The van der Waals surface area contributed by atoms with Crippen molar-refractivity contribution in [2.45, 2.75) is 13.3 Å². The first-order valence-electron chi connectivity index (χ1n) is 4.70. The normalized spacial score (nSPS) is 15.1. The summed E-state index contributed by atoms with van der Waals surface area (Å²) in [5.74, 6) is 0.553. The zero-order valence-corrected chi connectivity index (χ0v) is 8.16. The predicted octanol–water partition coefficient (Wildman–Crippen LogP) is 0.699. The predicted molar refractivity (Wildman–Crippen MR) is 54.3 cm³/mol. The molecule has 1 saturated heterocycles. The number of primary amides is 1. The summed E-state index contributed by atoms with van der Waals surface area (Å²) < 4.78 is 0. The topological polar surface area (TPSA) is 59.2 Å². The lowest BCUT2D eigenvalue weighted by Crippen LogP contribution is -2.38. The first-order valence-corrected chi connectivity index (χ1v) is 4.70. The average Bonchev–Trinajstić information content (AvgIpc) is 2.04. The fourth-order valence-electron chi connectivity index (χ4n) is 1.56. The summed E-state index contributed by atoms with van der Waals surface area (Å²) in [5, 5.41) is 0. The minimum atomic E-state index is -0.421. The first kappa shape index (κ1) is 8.99. The van der Waals surface area contributed by atoms with Gasteiger partial charge in [-0.1, -0.05) is 0 Å². The van der Waals surface area contributed by atoms with Gasteiger partial charge < -0.3 is 10.6 Å². The van der Waals surface area contributed by atoms with Gasteiger partial charge in [0.15, 0.2) is 0 Å². The van der Waals surface area contributed by atoms with Crippen molar-refractivity contribution in [1.82, 2.24) is 4.98 Å². The molecule has 2 rings (SSSR count). The number of hydrogen-bond donors (Lipinski definition) is 1. The molecule has 0 bridgehead atoms. The zero-order chi connectivity index (χ0) is 10.1. The number of aromatic nitrogens is 1. The van der Waals surface area contributed by atoms with E-state index in [1.165, 1.54) is 6.42 Å². The highest BCUT2D eigenvalue weighted by Gasteiger charge is 2.18. The summed E-state index contributed by atoms with van der Waals surface area (Å²) in [5.41, 5.74) is 6.66. The molecule has 74 valence electrons. The molecular formula is C10H13N3O. The van der Waals surface area contributed by atoms with Crippen LogP contribution in [0.2, 0.25) is 0 Å². The van der Waals surface area contributed by atoms with Gasteiger partial charge in [-0.15, -0.1) is 0 Å². The van der Waals surface area contributed by atoms with Gasteiger partial charge in [0.05, 0.1) is 5.56 Å². The van der Waals surface area contributed by atoms with Gasteiger partial charge in [-0.2, -0.15) is 0 Å². The van der Waals surface area contributed by atoms with Crippen LogP contribution in [0.3, 0.4) is 0 Å². The fourth-order valence-corrected chi connectivity index (χ4v) is 1.56. The molecule has 4 heteroatoms. The van der Waals surface area contributed by atoms with Crippen LogP contribution in [0.15, 0.2) is 12.3 Å². The number of pyridine rings is 1. The highest BCUT2D eigenvalue weighted by atomic mass is 16.1. The Morgan fingerprint density at radius 3 is 2.71 bits per heavy atom. The van der Waals surface area contributed by atoms with Crippen molar-refractivity contribution in [3.05, 3.63) is 23.4 Å². The van der Waals surface area contributed by atoms with Gasteiger partial charge in [0.25, 0.3) is 0 Å². The van der Waals surface area contributed by atoms with Crippen LogP contribution in [0.1, 0.15) is 22.3 Å². The Balaban J connectivity index is 2.30. The van der Waals surface area contributed by atoms with Crippen LogP contribution in [-0.4, -0.2) is 24.0 Å². The van der Waals surface area contributed by atoms with Crippen molar-refractivity contribution in [2.75, 3.05) is 18.0 Å². The monoisotopic (exact) mass is 191 g/mol. The van der Waals surface area contributed by atoms with Gasteiger partial charge in [0.1, 0.15) is 5.82 Å². The summed E-state index contributed by atoms with van der Waals surface area (Å²) in [7, 11) is 0. The Kier molecular flexibility index (Phi) is 2.11. The number of aryl methyl sites for hydroxylation is 1. The molecule has 2 heterocycles. The third kappa shape index (κ3) is 1.43. The quantitative estimate of drug-likeness (QED) is 0.748. The third-order valence-corrected chi connectivity index (χ3v) is 2.49. The Labute approximate surface area is 82.7 Å². The standard InChI is InChI=1S/C10H13N3O/c1-7-5-8(9(11)14)6-12-10(7)13-3-2-4-13/h5-6H,2-4H2,1H3,(H2,11,14). The molecule has 1 aliphatic rings. The third-order valence-electron chi connectivity index (χ3n) is 2.49. The highest BCUT2D eigenvalue weighted by Crippen LogP contribution is 2.22. The van der Waals surface area contributed by atoms with Crippen molar-refractivity contribution in [3.63, 3.8) is 0 Å². The fraction of sp³-hybridized carbons (Fsp3) is 0.400. The number of carbonyl (C=O) groups is 1. The second-order valence-electron chi connectivity index (χ2n) is 3.57. The van der Waals surface area contributed by atoms with Crippen molar-refractivity contribution < 1.29 is 4.79 Å². The van der Waals surface area contributed by atoms with E-state index < -0.39 is 5.91 Å². The van der Waals surface area contributed by atoms with Crippen LogP contribution in [-0.2, 0) is 0 Å². The van der Waals surface area contributed by atoms with E-state index in [0.717, 1.165) is 24.5 Å². The molecule has 0 spiro atoms. The lowest BCUT2D eigenvalue weighted by atomic mass is 10.1. The molecule has 1 aliphatic heterocycles. The molecule has 14 heavy (non-hydrogen) atoms. The van der Waals surface area contributed by atoms with E-state index >= 15 is 0 Å². The summed E-state index contributed by atoms with van der Waals surface area (Å²) in [6.45, 7) is 4.07. The van der Waals surface area contributed by atoms with Crippen LogP contribution in [0.4, 0.5) is 5.82 Å². The Hall–Kier alpha value is -1.58. The van der Waals surface area contributed by atoms with Crippen LogP contribution in [0, 0.1) is 6.92 Å². The average molecular weight is 191 g/mol. The van der Waals surface area contributed by atoms with Crippen molar-refractivity contribution in [3.8, 4) is 0 Å². The minimum absolute atomic E-state index is 0.421. The summed E-state index contributed by atoms with van der Waals surface area (Å²) in [4.78, 5) is 17.3. The molecule has 1 amide bonds. The number of nitrogens with two attached hydrogens (primary N) is 1. The lowest BCUT2D eigenvalue weighted by molar-refractivity contribution is 0.1000. The largest absolute Gasteiger partial charge is 0.366 e. The number of rotatable bonds is 2. The van der Waals surface area contributed by atoms with E-state index in [-0.39, 0.29) is 0 Å². The molecule has 1 fully saturated rings. The van der Waals surface area contributed by atoms with Gasteiger partial charge in [0, 0.05) is 19.3 Å². The Bertz CT molecular complexity index is 372. The molecule has 0 radical (unpaired) electrons. The molecule has 1 aromatic heterocycles. The first-order chi connectivity index (χ1) is 6.68. The number of carbonyl (C=O) groups excluding carboxylic acids is 1. The van der Waals surface area contributed by atoms with Gasteiger partial charge in [-0.3, -0.25) is 4.79 Å². The second-order valence-corrected chi connectivity index (χ2v) is 3.57. The van der Waals surface area contributed by atoms with E-state index in [0.29, 0.717) is 5.56 Å². The molecule has 0 aliphatic carbocycles. The maximum Gasteiger partial charge on any atom is 0.250 e. The number of amides is 1.